The Labute approximate surface area is 72.4 Å². The first-order chi connectivity index (χ1) is 5.65. The van der Waals surface area contributed by atoms with E-state index in [9.17, 15) is 8.78 Å². The summed E-state index contributed by atoms with van der Waals surface area (Å²) in [5.74, 6) is 0. The highest BCUT2D eigenvalue weighted by molar-refractivity contribution is 6.31. The Balaban J connectivity index is 3.16. The highest BCUT2D eigenvalue weighted by Gasteiger charge is 2.10. The molecule has 0 radical (unpaired) electrons. The monoisotopic (exact) mass is 188 g/mol. The minimum Gasteiger partial charge on any atom is -0.254 e. The zero-order valence-corrected chi connectivity index (χ0v) is 6.52. The summed E-state index contributed by atoms with van der Waals surface area (Å²) >= 11 is 5.47. The van der Waals surface area contributed by atoms with E-state index in [2.05, 4.69) is 4.98 Å². The first kappa shape index (κ1) is 8.88. The first-order valence-electron chi connectivity index (χ1n) is 2.99. The molecule has 0 aliphatic rings. The SMILES string of the molecule is N#Cc1cc(C(F)F)ncc1Cl. The fourth-order valence-corrected chi connectivity index (χ4v) is 0.805. The predicted molar refractivity (Wildman–Crippen MR) is 38.9 cm³/mol. The Morgan fingerprint density at radius 2 is 2.25 bits per heavy atom. The van der Waals surface area contributed by atoms with Gasteiger partial charge in [0.15, 0.2) is 0 Å². The van der Waals surface area contributed by atoms with Gasteiger partial charge >= 0.3 is 0 Å². The maximum Gasteiger partial charge on any atom is 0.280 e. The number of nitrogens with zero attached hydrogens (tertiary/aromatic N) is 2. The number of hydrogen-bond acceptors (Lipinski definition) is 2. The molecule has 0 unspecified atom stereocenters. The first-order valence-corrected chi connectivity index (χ1v) is 3.36. The van der Waals surface area contributed by atoms with Gasteiger partial charge < -0.3 is 0 Å². The smallest absolute Gasteiger partial charge is 0.254 e. The van der Waals surface area contributed by atoms with Crippen molar-refractivity contribution in [3.8, 4) is 6.07 Å². The second-order valence-electron chi connectivity index (χ2n) is 2.00. The van der Waals surface area contributed by atoms with E-state index in [1.807, 2.05) is 0 Å². The van der Waals surface area contributed by atoms with Gasteiger partial charge in [0.2, 0.25) is 0 Å². The third kappa shape index (κ3) is 1.69. The summed E-state index contributed by atoms with van der Waals surface area (Å²) in [7, 11) is 0. The van der Waals surface area contributed by atoms with E-state index in [0.717, 1.165) is 12.3 Å². The molecule has 0 N–H and O–H groups in total. The lowest BCUT2D eigenvalue weighted by Crippen LogP contribution is -1.91. The van der Waals surface area contributed by atoms with Crippen molar-refractivity contribution in [2.24, 2.45) is 0 Å². The van der Waals surface area contributed by atoms with Gasteiger partial charge in [0, 0.05) is 6.20 Å². The molecular formula is C7H3ClF2N2. The minimum absolute atomic E-state index is 0.0157. The summed E-state index contributed by atoms with van der Waals surface area (Å²) in [6.07, 6.45) is -1.63. The fraction of sp³-hybridized carbons (Fsp3) is 0.143. The van der Waals surface area contributed by atoms with Gasteiger partial charge in [-0.2, -0.15) is 5.26 Å². The molecule has 0 aliphatic carbocycles. The molecular weight excluding hydrogens is 186 g/mol. The minimum atomic E-state index is -2.67. The summed E-state index contributed by atoms with van der Waals surface area (Å²) in [6.45, 7) is 0. The molecule has 62 valence electrons. The molecule has 0 saturated carbocycles. The average Bonchev–Trinajstić information content (AvgIpc) is 2.05. The number of rotatable bonds is 1. The summed E-state index contributed by atoms with van der Waals surface area (Å²) < 4.78 is 24.0. The quantitative estimate of drug-likeness (QED) is 0.679. The van der Waals surface area contributed by atoms with Gasteiger partial charge in [-0.15, -0.1) is 0 Å². The zero-order chi connectivity index (χ0) is 9.14. The molecule has 0 atom stereocenters. The van der Waals surface area contributed by atoms with E-state index >= 15 is 0 Å². The van der Waals surface area contributed by atoms with Gasteiger partial charge in [-0.25, -0.2) is 8.78 Å². The van der Waals surface area contributed by atoms with Crippen LogP contribution in [0.2, 0.25) is 5.02 Å². The molecule has 2 nitrogen and oxygen atoms in total. The fourth-order valence-electron chi connectivity index (χ4n) is 0.660. The normalized spacial score (nSPS) is 9.92. The molecule has 1 rings (SSSR count). The molecule has 5 heteroatoms. The van der Waals surface area contributed by atoms with Crippen LogP contribution in [-0.2, 0) is 0 Å². The average molecular weight is 189 g/mol. The molecule has 0 aliphatic heterocycles. The number of aromatic nitrogens is 1. The number of halogens is 3. The van der Waals surface area contributed by atoms with Crippen LogP contribution in [0.3, 0.4) is 0 Å². The topological polar surface area (TPSA) is 36.7 Å². The maximum absolute atomic E-state index is 12.0. The molecule has 0 saturated heterocycles. The Kier molecular flexibility index (Phi) is 2.56. The van der Waals surface area contributed by atoms with Crippen LogP contribution in [0.5, 0.6) is 0 Å². The Bertz CT molecular complexity index is 333. The van der Waals surface area contributed by atoms with Crippen LogP contribution in [0.15, 0.2) is 12.3 Å². The van der Waals surface area contributed by atoms with Crippen molar-refractivity contribution in [2.75, 3.05) is 0 Å². The molecule has 0 amide bonds. The van der Waals surface area contributed by atoms with Crippen molar-refractivity contribution in [3.63, 3.8) is 0 Å². The van der Waals surface area contributed by atoms with Gasteiger partial charge in [0.1, 0.15) is 11.8 Å². The number of nitriles is 1. The van der Waals surface area contributed by atoms with Crippen LogP contribution >= 0.6 is 11.6 Å². The van der Waals surface area contributed by atoms with Gasteiger partial charge in [0.05, 0.1) is 10.6 Å². The molecule has 1 heterocycles. The largest absolute Gasteiger partial charge is 0.280 e. The Morgan fingerprint density at radius 3 is 2.75 bits per heavy atom. The maximum atomic E-state index is 12.0. The van der Waals surface area contributed by atoms with Crippen LogP contribution in [0.1, 0.15) is 17.7 Å². The lowest BCUT2D eigenvalue weighted by atomic mass is 10.2. The number of pyridine rings is 1. The van der Waals surface area contributed by atoms with E-state index < -0.39 is 12.1 Å². The van der Waals surface area contributed by atoms with E-state index in [1.54, 1.807) is 6.07 Å². The van der Waals surface area contributed by atoms with Crippen molar-refractivity contribution in [1.29, 1.82) is 5.26 Å². The molecule has 1 aromatic heterocycles. The number of alkyl halides is 2. The molecule has 1 aromatic rings. The van der Waals surface area contributed by atoms with Crippen LogP contribution in [0.4, 0.5) is 8.78 Å². The van der Waals surface area contributed by atoms with Crippen LogP contribution in [-0.4, -0.2) is 4.98 Å². The Morgan fingerprint density at radius 1 is 1.58 bits per heavy atom. The van der Waals surface area contributed by atoms with Crippen LogP contribution in [0.25, 0.3) is 0 Å². The van der Waals surface area contributed by atoms with Crippen molar-refractivity contribution < 1.29 is 8.78 Å². The lowest BCUT2D eigenvalue weighted by molar-refractivity contribution is 0.146. The molecule has 12 heavy (non-hydrogen) atoms. The van der Waals surface area contributed by atoms with Crippen molar-refractivity contribution in [2.45, 2.75) is 6.43 Å². The lowest BCUT2D eigenvalue weighted by Gasteiger charge is -1.98. The van der Waals surface area contributed by atoms with Crippen molar-refractivity contribution in [1.82, 2.24) is 4.98 Å². The van der Waals surface area contributed by atoms with Gasteiger partial charge in [-0.05, 0) is 6.07 Å². The molecule has 0 spiro atoms. The van der Waals surface area contributed by atoms with Crippen LogP contribution < -0.4 is 0 Å². The third-order valence-corrected chi connectivity index (χ3v) is 1.52. The highest BCUT2D eigenvalue weighted by atomic mass is 35.5. The van der Waals surface area contributed by atoms with Gasteiger partial charge in [-0.3, -0.25) is 4.98 Å². The summed E-state index contributed by atoms with van der Waals surface area (Å²) in [4.78, 5) is 3.35. The third-order valence-electron chi connectivity index (χ3n) is 1.22. The van der Waals surface area contributed by atoms with E-state index in [-0.39, 0.29) is 10.6 Å². The summed E-state index contributed by atoms with van der Waals surface area (Å²) in [5.41, 5.74) is -0.419. The highest BCUT2D eigenvalue weighted by Crippen LogP contribution is 2.21. The summed E-state index contributed by atoms with van der Waals surface area (Å²) in [6, 6.07) is 2.66. The van der Waals surface area contributed by atoms with Crippen molar-refractivity contribution >= 4 is 11.6 Å². The van der Waals surface area contributed by atoms with Gasteiger partial charge in [-0.1, -0.05) is 11.6 Å². The molecule has 0 aromatic carbocycles. The number of hydrogen-bond donors (Lipinski definition) is 0. The second-order valence-corrected chi connectivity index (χ2v) is 2.41. The predicted octanol–water partition coefficient (Wildman–Crippen LogP) is 2.54. The van der Waals surface area contributed by atoms with E-state index in [4.69, 9.17) is 16.9 Å². The van der Waals surface area contributed by atoms with Crippen molar-refractivity contribution in [3.05, 3.63) is 28.5 Å². The van der Waals surface area contributed by atoms with E-state index in [0.29, 0.717) is 0 Å². The Hall–Kier alpha value is -1.21. The molecule has 0 bridgehead atoms. The van der Waals surface area contributed by atoms with Crippen LogP contribution in [0, 0.1) is 11.3 Å². The second kappa shape index (κ2) is 3.46. The standard InChI is InChI=1S/C7H3ClF2N2/c8-5-3-12-6(7(9)10)1-4(5)2-11/h1,3,7H. The summed E-state index contributed by atoms with van der Waals surface area (Å²) in [5, 5.41) is 8.50. The zero-order valence-electron chi connectivity index (χ0n) is 5.76. The molecule has 0 fully saturated rings. The van der Waals surface area contributed by atoms with Gasteiger partial charge in [0.25, 0.3) is 6.43 Å². The van der Waals surface area contributed by atoms with E-state index in [1.165, 1.54) is 0 Å².